The Kier molecular flexibility index (Phi) is 6.24. The number of ether oxygens (including phenoxy) is 1. The van der Waals surface area contributed by atoms with Crippen LogP contribution >= 0.6 is 0 Å². The minimum atomic E-state index is -0.904. The van der Waals surface area contributed by atoms with Gasteiger partial charge in [0.1, 0.15) is 5.75 Å². The van der Waals surface area contributed by atoms with Gasteiger partial charge in [-0.15, -0.1) is 0 Å². The molecule has 4 heteroatoms. The summed E-state index contributed by atoms with van der Waals surface area (Å²) in [7, 11) is 1.68. The van der Waals surface area contributed by atoms with E-state index in [1.807, 2.05) is 49.4 Å². The molecular formula is C28H27NO3. The Balaban J connectivity index is 1.68. The Morgan fingerprint density at radius 1 is 1.00 bits per heavy atom. The molecule has 0 saturated heterocycles. The molecule has 1 atom stereocenters. The maximum absolute atomic E-state index is 11.7. The van der Waals surface area contributed by atoms with Gasteiger partial charge in [-0.05, 0) is 82.8 Å². The van der Waals surface area contributed by atoms with E-state index in [2.05, 4.69) is 42.6 Å². The Morgan fingerprint density at radius 2 is 1.81 bits per heavy atom. The summed E-state index contributed by atoms with van der Waals surface area (Å²) >= 11 is 0. The normalized spacial score (nSPS) is 12.0. The lowest BCUT2D eigenvalue weighted by molar-refractivity contribution is 0.0696. The van der Waals surface area contributed by atoms with Gasteiger partial charge in [-0.2, -0.15) is 0 Å². The number of benzene rings is 4. The second-order valence-electron chi connectivity index (χ2n) is 8.08. The Labute approximate surface area is 188 Å². The van der Waals surface area contributed by atoms with E-state index in [4.69, 9.17) is 4.74 Å². The van der Waals surface area contributed by atoms with Crippen LogP contribution in [0.25, 0.3) is 21.9 Å². The van der Waals surface area contributed by atoms with Crippen molar-refractivity contribution in [3.8, 4) is 16.9 Å². The first kappa shape index (κ1) is 21.6. The van der Waals surface area contributed by atoms with Crippen LogP contribution in [0.4, 0.5) is 0 Å². The number of carboxylic acids is 1. The topological polar surface area (TPSA) is 58.6 Å². The molecule has 32 heavy (non-hydrogen) atoms. The maximum atomic E-state index is 11.7. The van der Waals surface area contributed by atoms with E-state index >= 15 is 0 Å². The number of nitrogens with one attached hydrogen (secondary N) is 1. The van der Waals surface area contributed by atoms with Gasteiger partial charge >= 0.3 is 5.97 Å². The van der Waals surface area contributed by atoms with Gasteiger partial charge in [-0.3, -0.25) is 0 Å². The minimum absolute atomic E-state index is 0.151. The van der Waals surface area contributed by atoms with Crippen molar-refractivity contribution in [1.82, 2.24) is 5.32 Å². The summed E-state index contributed by atoms with van der Waals surface area (Å²) in [6.07, 6.45) is 0. The molecule has 0 radical (unpaired) electrons. The second-order valence-corrected chi connectivity index (χ2v) is 8.08. The van der Waals surface area contributed by atoms with Crippen molar-refractivity contribution in [2.24, 2.45) is 0 Å². The molecule has 4 aromatic rings. The van der Waals surface area contributed by atoms with Crippen molar-refractivity contribution < 1.29 is 14.6 Å². The zero-order chi connectivity index (χ0) is 22.7. The van der Waals surface area contributed by atoms with Crippen LogP contribution in [-0.4, -0.2) is 18.2 Å². The van der Waals surface area contributed by atoms with Gasteiger partial charge in [0.05, 0.1) is 12.7 Å². The molecule has 0 saturated carbocycles. The largest absolute Gasteiger partial charge is 0.497 e. The molecule has 4 nitrogen and oxygen atoms in total. The molecule has 0 spiro atoms. The summed E-state index contributed by atoms with van der Waals surface area (Å²) < 4.78 is 5.35. The zero-order valence-corrected chi connectivity index (χ0v) is 18.6. The smallest absolute Gasteiger partial charge is 0.335 e. The van der Waals surface area contributed by atoms with Crippen LogP contribution in [0, 0.1) is 6.92 Å². The number of methoxy groups -OCH3 is 1. The van der Waals surface area contributed by atoms with Crippen molar-refractivity contribution in [3.05, 3.63) is 101 Å². The van der Waals surface area contributed by atoms with Crippen LogP contribution in [0.1, 0.15) is 40.0 Å². The lowest BCUT2D eigenvalue weighted by atomic mass is 9.93. The van der Waals surface area contributed by atoms with Gasteiger partial charge < -0.3 is 15.2 Å². The summed E-state index contributed by atoms with van der Waals surface area (Å²) in [5.74, 6) is -0.0589. The Hall–Kier alpha value is -3.63. The zero-order valence-electron chi connectivity index (χ0n) is 18.6. The molecule has 162 valence electrons. The van der Waals surface area contributed by atoms with Crippen LogP contribution < -0.4 is 10.1 Å². The highest BCUT2D eigenvalue weighted by molar-refractivity contribution is 5.99. The van der Waals surface area contributed by atoms with Crippen LogP contribution in [0.15, 0.2) is 78.9 Å². The lowest BCUT2D eigenvalue weighted by Gasteiger charge is -2.17. The molecule has 2 N–H and O–H groups in total. The number of fused-ring (bicyclic) bond motifs is 1. The molecule has 0 aliphatic heterocycles. The van der Waals surface area contributed by atoms with E-state index in [0.29, 0.717) is 12.1 Å². The summed E-state index contributed by atoms with van der Waals surface area (Å²) in [4.78, 5) is 11.7. The van der Waals surface area contributed by atoms with Crippen molar-refractivity contribution in [1.29, 1.82) is 0 Å². The number of aromatic carboxylic acids is 1. The first-order valence-corrected chi connectivity index (χ1v) is 10.7. The van der Waals surface area contributed by atoms with E-state index in [-0.39, 0.29) is 6.04 Å². The van der Waals surface area contributed by atoms with Gasteiger partial charge in [0.25, 0.3) is 0 Å². The molecule has 0 heterocycles. The summed E-state index contributed by atoms with van der Waals surface area (Å²) in [5, 5.41) is 15.4. The molecule has 4 rings (SSSR count). The van der Waals surface area contributed by atoms with E-state index in [9.17, 15) is 9.90 Å². The molecule has 0 amide bonds. The van der Waals surface area contributed by atoms with Gasteiger partial charge in [-0.1, -0.05) is 48.5 Å². The molecule has 4 aromatic carbocycles. The lowest BCUT2D eigenvalue weighted by Crippen LogP contribution is -2.18. The fraction of sp³-hybridized carbons (Fsp3) is 0.179. The fourth-order valence-corrected chi connectivity index (χ4v) is 4.03. The third-order valence-electron chi connectivity index (χ3n) is 5.91. The number of hydrogen-bond donors (Lipinski definition) is 2. The number of hydrogen-bond acceptors (Lipinski definition) is 3. The fourth-order valence-electron chi connectivity index (χ4n) is 4.03. The maximum Gasteiger partial charge on any atom is 0.335 e. The third kappa shape index (κ3) is 4.51. The van der Waals surface area contributed by atoms with Crippen molar-refractivity contribution in [2.75, 3.05) is 7.11 Å². The highest BCUT2D eigenvalue weighted by Gasteiger charge is 2.13. The van der Waals surface area contributed by atoms with Crippen LogP contribution in [0.5, 0.6) is 5.75 Å². The molecular weight excluding hydrogens is 398 g/mol. The Bertz CT molecular complexity index is 1280. The van der Waals surface area contributed by atoms with E-state index < -0.39 is 5.97 Å². The highest BCUT2D eigenvalue weighted by Crippen LogP contribution is 2.32. The minimum Gasteiger partial charge on any atom is -0.497 e. The molecule has 0 fully saturated rings. The van der Waals surface area contributed by atoms with Crippen molar-refractivity contribution in [2.45, 2.75) is 26.4 Å². The Morgan fingerprint density at radius 3 is 2.59 bits per heavy atom. The van der Waals surface area contributed by atoms with E-state index in [1.54, 1.807) is 13.2 Å². The monoisotopic (exact) mass is 425 g/mol. The number of aryl methyl sites for hydroxylation is 1. The van der Waals surface area contributed by atoms with Crippen molar-refractivity contribution >= 4 is 16.7 Å². The number of rotatable bonds is 7. The molecule has 0 bridgehead atoms. The first-order chi connectivity index (χ1) is 15.5. The van der Waals surface area contributed by atoms with E-state index in [1.165, 1.54) is 0 Å². The standard InChI is InChI=1S/C28H27NO3/c1-18-11-12-23(16-26(18)28(30)31)27-14-20(13-22-7-4-5-10-25(22)27)17-29-19(2)21-8-6-9-24(15-21)32-3/h4-16,19,29H,17H2,1-3H3,(H,30,31)/t19-/m1/s1. The van der Waals surface area contributed by atoms with Crippen LogP contribution in [-0.2, 0) is 6.54 Å². The quantitative estimate of drug-likeness (QED) is 0.361. The summed E-state index contributed by atoms with van der Waals surface area (Å²) in [5.41, 5.74) is 5.35. The average molecular weight is 426 g/mol. The van der Waals surface area contributed by atoms with Gasteiger partial charge in [0, 0.05) is 12.6 Å². The summed E-state index contributed by atoms with van der Waals surface area (Å²) in [6, 6.07) is 26.4. The third-order valence-corrected chi connectivity index (χ3v) is 5.91. The second kappa shape index (κ2) is 9.25. The molecule has 0 aliphatic carbocycles. The molecule has 0 aliphatic rings. The van der Waals surface area contributed by atoms with Gasteiger partial charge in [0.15, 0.2) is 0 Å². The van der Waals surface area contributed by atoms with Crippen LogP contribution in [0.2, 0.25) is 0 Å². The average Bonchev–Trinajstić information content (AvgIpc) is 2.82. The van der Waals surface area contributed by atoms with Crippen LogP contribution in [0.3, 0.4) is 0 Å². The predicted molar refractivity (Wildman–Crippen MR) is 129 cm³/mol. The van der Waals surface area contributed by atoms with Gasteiger partial charge in [0.2, 0.25) is 0 Å². The predicted octanol–water partition coefficient (Wildman–Crippen LogP) is 6.37. The summed E-state index contributed by atoms with van der Waals surface area (Å²) in [6.45, 7) is 4.65. The SMILES string of the molecule is COc1cccc([C@@H](C)NCc2cc(-c3ccc(C)c(C(=O)O)c3)c3ccccc3c2)c1. The number of carboxylic acid groups (broad SMARTS) is 1. The van der Waals surface area contributed by atoms with E-state index in [0.717, 1.165) is 44.3 Å². The highest BCUT2D eigenvalue weighted by atomic mass is 16.5. The molecule has 0 unspecified atom stereocenters. The number of carbonyl (C=O) groups is 1. The molecule has 0 aromatic heterocycles. The first-order valence-electron chi connectivity index (χ1n) is 10.7. The van der Waals surface area contributed by atoms with Crippen molar-refractivity contribution in [3.63, 3.8) is 0 Å². The van der Waals surface area contributed by atoms with Gasteiger partial charge in [-0.25, -0.2) is 4.79 Å².